The largest absolute Gasteiger partial charge is 0.454 e. The Labute approximate surface area is 141 Å². The SMILES string of the molecule is C[C@H]1[C@H](c2ccc3c(c2)OCO3)c2cc3c(cc2C[C@H]1C)OCO3. The van der Waals surface area contributed by atoms with Gasteiger partial charge in [0.1, 0.15) is 0 Å². The summed E-state index contributed by atoms with van der Waals surface area (Å²) in [5, 5.41) is 0. The molecule has 1 aliphatic carbocycles. The molecule has 0 fully saturated rings. The summed E-state index contributed by atoms with van der Waals surface area (Å²) in [6, 6.07) is 10.7. The van der Waals surface area contributed by atoms with Gasteiger partial charge in [-0.2, -0.15) is 0 Å². The second-order valence-electron chi connectivity index (χ2n) is 7.04. The number of hydrogen-bond acceptors (Lipinski definition) is 4. The molecule has 2 heterocycles. The Morgan fingerprint density at radius 2 is 1.46 bits per heavy atom. The third kappa shape index (κ3) is 1.98. The van der Waals surface area contributed by atoms with Crippen molar-refractivity contribution in [2.75, 3.05) is 13.6 Å². The molecule has 0 radical (unpaired) electrons. The molecule has 0 amide bonds. The Hall–Kier alpha value is -2.36. The molecule has 2 aromatic carbocycles. The van der Waals surface area contributed by atoms with E-state index in [0.29, 0.717) is 31.3 Å². The van der Waals surface area contributed by atoms with Gasteiger partial charge in [0.05, 0.1) is 0 Å². The van der Waals surface area contributed by atoms with Crippen LogP contribution in [0.3, 0.4) is 0 Å². The predicted molar refractivity (Wildman–Crippen MR) is 89.0 cm³/mol. The Balaban J connectivity index is 1.65. The molecule has 4 heteroatoms. The molecule has 4 nitrogen and oxygen atoms in total. The van der Waals surface area contributed by atoms with E-state index in [0.717, 1.165) is 29.4 Å². The summed E-state index contributed by atoms with van der Waals surface area (Å²) in [5.74, 6) is 4.89. The standard InChI is InChI=1S/C20H20O4/c1-11-5-14-7-18-19(24-10-23-18)8-15(14)20(12(11)2)13-3-4-16-17(6-13)22-9-21-16/h3-4,6-8,11-12,20H,5,9-10H2,1-2H3/t11-,12-,20-/m1/s1. The van der Waals surface area contributed by atoms with Crippen LogP contribution in [0.4, 0.5) is 0 Å². The molecule has 0 N–H and O–H groups in total. The maximum Gasteiger partial charge on any atom is 0.231 e. The lowest BCUT2D eigenvalue weighted by Crippen LogP contribution is -2.26. The van der Waals surface area contributed by atoms with E-state index in [9.17, 15) is 0 Å². The lowest BCUT2D eigenvalue weighted by atomic mass is 9.68. The van der Waals surface area contributed by atoms with Crippen LogP contribution >= 0.6 is 0 Å². The number of benzene rings is 2. The Morgan fingerprint density at radius 1 is 0.792 bits per heavy atom. The molecule has 0 saturated heterocycles. The molecule has 5 rings (SSSR count). The van der Waals surface area contributed by atoms with Gasteiger partial charge in [-0.25, -0.2) is 0 Å². The molecular weight excluding hydrogens is 304 g/mol. The Kier molecular flexibility index (Phi) is 2.96. The number of fused-ring (bicyclic) bond motifs is 3. The maximum atomic E-state index is 5.62. The first-order chi connectivity index (χ1) is 11.7. The first kappa shape index (κ1) is 14.0. The van der Waals surface area contributed by atoms with E-state index in [2.05, 4.69) is 38.1 Å². The molecule has 0 unspecified atom stereocenters. The van der Waals surface area contributed by atoms with Crippen LogP contribution in [0.25, 0.3) is 0 Å². The highest BCUT2D eigenvalue weighted by molar-refractivity contribution is 5.55. The van der Waals surface area contributed by atoms with E-state index in [4.69, 9.17) is 18.9 Å². The van der Waals surface area contributed by atoms with Crippen molar-refractivity contribution >= 4 is 0 Å². The van der Waals surface area contributed by atoms with Crippen molar-refractivity contribution in [2.45, 2.75) is 26.2 Å². The second-order valence-corrected chi connectivity index (χ2v) is 7.04. The maximum absolute atomic E-state index is 5.62. The van der Waals surface area contributed by atoms with E-state index in [1.807, 2.05) is 6.07 Å². The lowest BCUT2D eigenvalue weighted by molar-refractivity contribution is 0.173. The highest BCUT2D eigenvalue weighted by Gasteiger charge is 2.35. The van der Waals surface area contributed by atoms with Crippen LogP contribution in [0, 0.1) is 11.8 Å². The Bertz CT molecular complexity index is 814. The fraction of sp³-hybridized carbons (Fsp3) is 0.400. The third-order valence-corrected chi connectivity index (χ3v) is 5.69. The number of rotatable bonds is 1. The van der Waals surface area contributed by atoms with Crippen LogP contribution in [0.2, 0.25) is 0 Å². The second kappa shape index (κ2) is 5.07. The molecule has 24 heavy (non-hydrogen) atoms. The van der Waals surface area contributed by atoms with Gasteiger partial charge in [-0.1, -0.05) is 19.9 Å². The average molecular weight is 324 g/mol. The van der Waals surface area contributed by atoms with Gasteiger partial charge >= 0.3 is 0 Å². The molecule has 3 aliphatic rings. The molecule has 2 aromatic rings. The van der Waals surface area contributed by atoms with E-state index in [1.54, 1.807) is 0 Å². The summed E-state index contributed by atoms with van der Waals surface area (Å²) in [7, 11) is 0. The first-order valence-electron chi connectivity index (χ1n) is 8.52. The van der Waals surface area contributed by atoms with Gasteiger partial charge in [0.25, 0.3) is 0 Å². The van der Waals surface area contributed by atoms with E-state index in [1.165, 1.54) is 16.7 Å². The van der Waals surface area contributed by atoms with E-state index < -0.39 is 0 Å². The van der Waals surface area contributed by atoms with E-state index >= 15 is 0 Å². The summed E-state index contributed by atoms with van der Waals surface area (Å²) in [6.45, 7) is 5.30. The van der Waals surface area contributed by atoms with Gasteiger partial charge in [0.15, 0.2) is 23.0 Å². The van der Waals surface area contributed by atoms with Crippen molar-refractivity contribution < 1.29 is 18.9 Å². The molecule has 0 saturated carbocycles. The molecule has 0 bridgehead atoms. The summed E-state index contributed by atoms with van der Waals surface area (Å²) >= 11 is 0. The number of hydrogen-bond donors (Lipinski definition) is 0. The average Bonchev–Trinajstić information content (AvgIpc) is 3.22. The van der Waals surface area contributed by atoms with Crippen molar-refractivity contribution in [2.24, 2.45) is 11.8 Å². The first-order valence-corrected chi connectivity index (χ1v) is 8.52. The van der Waals surface area contributed by atoms with Gasteiger partial charge in [-0.05, 0) is 59.2 Å². The van der Waals surface area contributed by atoms with Crippen molar-refractivity contribution in [3.8, 4) is 23.0 Å². The van der Waals surface area contributed by atoms with Gasteiger partial charge in [-0.15, -0.1) is 0 Å². The highest BCUT2D eigenvalue weighted by Crippen LogP contribution is 2.49. The van der Waals surface area contributed by atoms with Crippen LogP contribution in [0.5, 0.6) is 23.0 Å². The Morgan fingerprint density at radius 3 is 2.25 bits per heavy atom. The monoisotopic (exact) mass is 324 g/mol. The van der Waals surface area contributed by atoms with Crippen LogP contribution in [-0.4, -0.2) is 13.6 Å². The predicted octanol–water partition coefficient (Wildman–Crippen LogP) is 4.10. The third-order valence-electron chi connectivity index (χ3n) is 5.69. The van der Waals surface area contributed by atoms with Crippen LogP contribution in [0.15, 0.2) is 30.3 Å². The zero-order chi connectivity index (χ0) is 16.3. The van der Waals surface area contributed by atoms with Crippen molar-refractivity contribution in [1.82, 2.24) is 0 Å². The smallest absolute Gasteiger partial charge is 0.231 e. The minimum absolute atomic E-state index is 0.310. The number of ether oxygens (including phenoxy) is 4. The minimum Gasteiger partial charge on any atom is -0.454 e. The van der Waals surface area contributed by atoms with Crippen molar-refractivity contribution in [3.05, 3.63) is 47.0 Å². The molecule has 0 spiro atoms. The molecule has 0 aromatic heterocycles. The van der Waals surface area contributed by atoms with Gasteiger partial charge in [-0.3, -0.25) is 0 Å². The van der Waals surface area contributed by atoms with Crippen molar-refractivity contribution in [1.29, 1.82) is 0 Å². The lowest BCUT2D eigenvalue weighted by Gasteiger charge is -2.36. The molecular formula is C20H20O4. The molecule has 2 aliphatic heterocycles. The normalized spacial score (nSPS) is 26.3. The zero-order valence-electron chi connectivity index (χ0n) is 13.9. The summed E-state index contributed by atoms with van der Waals surface area (Å²) in [4.78, 5) is 0. The van der Waals surface area contributed by atoms with Crippen LogP contribution in [-0.2, 0) is 6.42 Å². The van der Waals surface area contributed by atoms with Gasteiger partial charge in [0.2, 0.25) is 13.6 Å². The summed E-state index contributed by atoms with van der Waals surface area (Å²) in [6.07, 6.45) is 1.08. The highest BCUT2D eigenvalue weighted by atomic mass is 16.7. The van der Waals surface area contributed by atoms with Crippen LogP contribution in [0.1, 0.15) is 36.5 Å². The fourth-order valence-corrected chi connectivity index (χ4v) is 4.20. The molecule has 124 valence electrons. The van der Waals surface area contributed by atoms with Crippen LogP contribution < -0.4 is 18.9 Å². The van der Waals surface area contributed by atoms with Crippen molar-refractivity contribution in [3.63, 3.8) is 0 Å². The fourth-order valence-electron chi connectivity index (χ4n) is 4.20. The zero-order valence-corrected chi connectivity index (χ0v) is 13.9. The quantitative estimate of drug-likeness (QED) is 0.791. The summed E-state index contributed by atoms with van der Waals surface area (Å²) in [5.41, 5.74) is 4.00. The van der Waals surface area contributed by atoms with Gasteiger partial charge < -0.3 is 18.9 Å². The minimum atomic E-state index is 0.310. The molecule has 3 atom stereocenters. The summed E-state index contributed by atoms with van der Waals surface area (Å²) < 4.78 is 22.2. The van der Waals surface area contributed by atoms with E-state index in [-0.39, 0.29) is 0 Å². The van der Waals surface area contributed by atoms with Gasteiger partial charge in [0, 0.05) is 5.92 Å². The topological polar surface area (TPSA) is 36.9 Å².